The molecule has 0 heterocycles. The van der Waals surface area contributed by atoms with E-state index in [2.05, 4.69) is 0 Å². The maximum absolute atomic E-state index is 10.7. The van der Waals surface area contributed by atoms with Crippen LogP contribution in [0.4, 0.5) is 5.69 Å². The molecule has 13 heavy (non-hydrogen) atoms. The summed E-state index contributed by atoms with van der Waals surface area (Å²) in [7, 11) is 0. The van der Waals surface area contributed by atoms with Gasteiger partial charge in [-0.15, -0.1) is 0 Å². The normalized spacial score (nSPS) is 15.8. The minimum absolute atomic E-state index is 0.0439. The Bertz CT molecular complexity index is 295. The van der Waals surface area contributed by atoms with E-state index in [1.807, 2.05) is 12.1 Å². The van der Waals surface area contributed by atoms with E-state index in [0.29, 0.717) is 5.69 Å². The van der Waals surface area contributed by atoms with Gasteiger partial charge in [0.1, 0.15) is 0 Å². The van der Waals surface area contributed by atoms with Gasteiger partial charge in [-0.2, -0.15) is 0 Å². The zero-order valence-corrected chi connectivity index (χ0v) is 7.31. The lowest BCUT2D eigenvalue weighted by Crippen LogP contribution is -2.09. The van der Waals surface area contributed by atoms with Crippen molar-refractivity contribution >= 4 is 5.69 Å². The van der Waals surface area contributed by atoms with E-state index in [-0.39, 0.29) is 5.23 Å². The Hall–Kier alpha value is -1.06. The molecule has 0 radical (unpaired) electrons. The molecule has 3 heteroatoms. The molecule has 0 aliphatic heterocycles. The molecule has 0 bridgehead atoms. The highest BCUT2D eigenvalue weighted by Gasteiger charge is 2.22. The SMILES string of the molecule is [O-]N(O)c1ccccc1CC1CC1. The highest BCUT2D eigenvalue weighted by Crippen LogP contribution is 2.34. The molecule has 0 amide bonds. The second kappa shape index (κ2) is 3.36. The van der Waals surface area contributed by atoms with Gasteiger partial charge in [-0.25, -0.2) is 0 Å². The summed E-state index contributed by atoms with van der Waals surface area (Å²) in [6.07, 6.45) is 3.41. The van der Waals surface area contributed by atoms with E-state index in [9.17, 15) is 5.21 Å². The fourth-order valence-corrected chi connectivity index (χ4v) is 1.50. The number of anilines is 1. The summed E-state index contributed by atoms with van der Waals surface area (Å²) in [6.45, 7) is 0. The highest BCUT2D eigenvalue weighted by atomic mass is 16.8. The van der Waals surface area contributed by atoms with E-state index >= 15 is 0 Å². The molecule has 1 N–H and O–H groups in total. The van der Waals surface area contributed by atoms with Gasteiger partial charge in [-0.1, -0.05) is 18.2 Å². The molecule has 3 nitrogen and oxygen atoms in total. The third-order valence-corrected chi connectivity index (χ3v) is 2.40. The summed E-state index contributed by atoms with van der Waals surface area (Å²) in [5, 5.41) is 19.5. The number of rotatable bonds is 3. The van der Waals surface area contributed by atoms with Crippen molar-refractivity contribution in [2.45, 2.75) is 19.3 Å². The van der Waals surface area contributed by atoms with Crippen molar-refractivity contribution in [2.24, 2.45) is 5.92 Å². The summed E-state index contributed by atoms with van der Waals surface area (Å²) in [6, 6.07) is 7.19. The van der Waals surface area contributed by atoms with Crippen molar-refractivity contribution in [3.63, 3.8) is 0 Å². The van der Waals surface area contributed by atoms with Gasteiger partial charge in [0.25, 0.3) is 0 Å². The van der Waals surface area contributed by atoms with Crippen LogP contribution in [-0.4, -0.2) is 5.21 Å². The van der Waals surface area contributed by atoms with E-state index in [1.165, 1.54) is 12.8 Å². The van der Waals surface area contributed by atoms with Crippen molar-refractivity contribution in [3.05, 3.63) is 35.0 Å². The maximum atomic E-state index is 10.7. The predicted molar refractivity (Wildman–Crippen MR) is 50.5 cm³/mol. The summed E-state index contributed by atoms with van der Waals surface area (Å²) in [5.41, 5.74) is 1.33. The van der Waals surface area contributed by atoms with Crippen molar-refractivity contribution in [2.75, 3.05) is 5.23 Å². The molecule has 1 aromatic rings. The average molecular weight is 178 g/mol. The molecular formula is C10H12NO2-. The fraction of sp³-hybridized carbons (Fsp3) is 0.400. The lowest BCUT2D eigenvalue weighted by Gasteiger charge is -2.24. The van der Waals surface area contributed by atoms with E-state index in [1.54, 1.807) is 12.1 Å². The van der Waals surface area contributed by atoms with Crippen LogP contribution < -0.4 is 5.23 Å². The second-order valence-corrected chi connectivity index (χ2v) is 3.55. The first kappa shape index (κ1) is 8.53. The molecule has 70 valence electrons. The third-order valence-electron chi connectivity index (χ3n) is 2.40. The first-order valence-electron chi connectivity index (χ1n) is 4.51. The number of nitrogens with zero attached hydrogens (tertiary/aromatic N) is 1. The largest absolute Gasteiger partial charge is 0.733 e. The number of benzene rings is 1. The fourth-order valence-electron chi connectivity index (χ4n) is 1.50. The van der Waals surface area contributed by atoms with Crippen molar-refractivity contribution in [1.82, 2.24) is 0 Å². The van der Waals surface area contributed by atoms with Crippen molar-refractivity contribution < 1.29 is 5.21 Å². The monoisotopic (exact) mass is 178 g/mol. The minimum Gasteiger partial charge on any atom is -0.733 e. The van der Waals surface area contributed by atoms with E-state index in [4.69, 9.17) is 5.21 Å². The van der Waals surface area contributed by atoms with Gasteiger partial charge < -0.3 is 10.4 Å². The molecule has 0 spiro atoms. The Morgan fingerprint density at radius 1 is 1.38 bits per heavy atom. The van der Waals surface area contributed by atoms with Gasteiger partial charge in [0.05, 0.1) is 5.69 Å². The van der Waals surface area contributed by atoms with Gasteiger partial charge >= 0.3 is 0 Å². The van der Waals surface area contributed by atoms with Gasteiger partial charge in [-0.3, -0.25) is 5.21 Å². The molecule has 0 atom stereocenters. The molecule has 0 unspecified atom stereocenters. The standard InChI is InChI=1S/C10H12NO2/c12-11(13)10-4-2-1-3-9(10)7-8-5-6-8/h1-4,8,12H,5-7H2/q-1. The summed E-state index contributed by atoms with van der Waals surface area (Å²) in [4.78, 5) is 0. The van der Waals surface area contributed by atoms with Crippen LogP contribution in [0.5, 0.6) is 0 Å². The smallest absolute Gasteiger partial charge is 0.0540 e. The zero-order chi connectivity index (χ0) is 9.26. The summed E-state index contributed by atoms with van der Waals surface area (Å²) < 4.78 is 0. The van der Waals surface area contributed by atoms with Crippen LogP contribution in [0.25, 0.3) is 0 Å². The van der Waals surface area contributed by atoms with Crippen LogP contribution in [0.15, 0.2) is 24.3 Å². The summed E-state index contributed by atoms with van der Waals surface area (Å²) in [5.74, 6) is 0.723. The number of para-hydroxylation sites is 1. The van der Waals surface area contributed by atoms with Crippen LogP contribution in [0.3, 0.4) is 0 Å². The first-order valence-corrected chi connectivity index (χ1v) is 4.51. The Kier molecular flexibility index (Phi) is 2.20. The molecule has 1 aliphatic rings. The molecule has 0 saturated heterocycles. The lowest BCUT2D eigenvalue weighted by molar-refractivity contribution is 0.295. The number of hydrogen-bond donors (Lipinski definition) is 1. The Morgan fingerprint density at radius 3 is 2.69 bits per heavy atom. The van der Waals surface area contributed by atoms with Gasteiger partial charge in [-0.05, 0) is 36.8 Å². The van der Waals surface area contributed by atoms with Crippen LogP contribution in [0.1, 0.15) is 18.4 Å². The molecule has 0 aromatic heterocycles. The summed E-state index contributed by atoms with van der Waals surface area (Å²) >= 11 is 0. The molecular weight excluding hydrogens is 166 g/mol. The highest BCUT2D eigenvalue weighted by molar-refractivity contribution is 5.52. The molecule has 1 saturated carbocycles. The zero-order valence-electron chi connectivity index (χ0n) is 7.31. The van der Waals surface area contributed by atoms with Crippen molar-refractivity contribution in [1.29, 1.82) is 0 Å². The molecule has 1 fully saturated rings. The van der Waals surface area contributed by atoms with Gasteiger partial charge in [0.2, 0.25) is 0 Å². The Balaban J connectivity index is 2.20. The van der Waals surface area contributed by atoms with Crippen LogP contribution in [-0.2, 0) is 6.42 Å². The minimum atomic E-state index is -0.0439. The van der Waals surface area contributed by atoms with Crippen LogP contribution in [0, 0.1) is 11.1 Å². The maximum Gasteiger partial charge on any atom is 0.0540 e. The number of hydrogen-bond acceptors (Lipinski definition) is 3. The van der Waals surface area contributed by atoms with Crippen molar-refractivity contribution in [3.8, 4) is 0 Å². The topological polar surface area (TPSA) is 46.5 Å². The predicted octanol–water partition coefficient (Wildman–Crippen LogP) is 2.33. The van der Waals surface area contributed by atoms with E-state index in [0.717, 1.165) is 17.9 Å². The molecule has 1 aliphatic carbocycles. The van der Waals surface area contributed by atoms with Gasteiger partial charge in [0, 0.05) is 0 Å². The molecule has 1 aromatic carbocycles. The Labute approximate surface area is 77.1 Å². The lowest BCUT2D eigenvalue weighted by atomic mass is 10.1. The Morgan fingerprint density at radius 2 is 2.08 bits per heavy atom. The quantitative estimate of drug-likeness (QED) is 0.722. The second-order valence-electron chi connectivity index (χ2n) is 3.55. The average Bonchev–Trinajstić information content (AvgIpc) is 2.89. The molecule has 2 rings (SSSR count). The first-order chi connectivity index (χ1) is 6.27. The van der Waals surface area contributed by atoms with Crippen LogP contribution in [0.2, 0.25) is 0 Å². The third kappa shape index (κ3) is 1.99. The van der Waals surface area contributed by atoms with Crippen LogP contribution >= 0.6 is 0 Å². The van der Waals surface area contributed by atoms with Gasteiger partial charge in [0.15, 0.2) is 0 Å². The van der Waals surface area contributed by atoms with E-state index < -0.39 is 0 Å².